The van der Waals surface area contributed by atoms with Gasteiger partial charge in [0.05, 0.1) is 0 Å². The van der Waals surface area contributed by atoms with Crippen LogP contribution >= 0.6 is 11.8 Å². The summed E-state index contributed by atoms with van der Waals surface area (Å²) in [4.78, 5) is 10.1. The minimum Gasteiger partial charge on any atom is -0.478 e. The van der Waals surface area contributed by atoms with Gasteiger partial charge in [-0.25, -0.2) is 4.79 Å². The average molecular weight is 199 g/mol. The molecule has 0 saturated carbocycles. The number of aliphatic carboxylic acids is 1. The Bertz CT molecular complexity index is 321. The van der Waals surface area contributed by atoms with Crippen molar-refractivity contribution in [1.29, 1.82) is 0 Å². The monoisotopic (exact) mass is 199 g/mol. The van der Waals surface area contributed by atoms with Crippen molar-refractivity contribution in [3.05, 3.63) is 18.5 Å². The zero-order chi connectivity index (χ0) is 9.68. The van der Waals surface area contributed by atoms with E-state index in [0.717, 1.165) is 11.2 Å². The maximum atomic E-state index is 10.1. The van der Waals surface area contributed by atoms with E-state index in [9.17, 15) is 4.79 Å². The van der Waals surface area contributed by atoms with Gasteiger partial charge in [-0.3, -0.25) is 0 Å². The van der Waals surface area contributed by atoms with Gasteiger partial charge in [0.1, 0.15) is 6.33 Å². The zero-order valence-corrected chi connectivity index (χ0v) is 7.86. The van der Waals surface area contributed by atoms with Crippen LogP contribution < -0.4 is 0 Å². The van der Waals surface area contributed by atoms with Crippen LogP contribution in [0.5, 0.6) is 0 Å². The third-order valence-electron chi connectivity index (χ3n) is 1.24. The highest BCUT2D eigenvalue weighted by Gasteiger charge is 1.98. The van der Waals surface area contributed by atoms with E-state index in [-0.39, 0.29) is 0 Å². The molecule has 1 aromatic heterocycles. The normalized spacial score (nSPS) is 10.8. The summed E-state index contributed by atoms with van der Waals surface area (Å²) in [5.41, 5.74) is 0. The maximum Gasteiger partial charge on any atom is 0.328 e. The summed E-state index contributed by atoms with van der Waals surface area (Å²) < 4.78 is 1.78. The Morgan fingerprint density at radius 3 is 3.15 bits per heavy atom. The van der Waals surface area contributed by atoms with Gasteiger partial charge in [0.2, 0.25) is 0 Å². The second-order valence-corrected chi connectivity index (χ2v) is 3.26. The third-order valence-corrected chi connectivity index (χ3v) is 2.23. The van der Waals surface area contributed by atoms with E-state index in [0.29, 0.717) is 5.75 Å². The van der Waals surface area contributed by atoms with Crippen molar-refractivity contribution in [3.63, 3.8) is 0 Å². The lowest BCUT2D eigenvalue weighted by Crippen LogP contribution is -1.90. The number of rotatable bonds is 4. The van der Waals surface area contributed by atoms with Gasteiger partial charge in [-0.1, -0.05) is 17.8 Å². The van der Waals surface area contributed by atoms with Gasteiger partial charge in [0.15, 0.2) is 5.16 Å². The molecule has 0 spiro atoms. The first-order chi connectivity index (χ1) is 6.20. The Balaban J connectivity index is 2.36. The minimum absolute atomic E-state index is 0.582. The molecule has 0 bridgehead atoms. The molecule has 1 aromatic rings. The molecule has 0 fully saturated rings. The predicted molar refractivity (Wildman–Crippen MR) is 48.5 cm³/mol. The highest BCUT2D eigenvalue weighted by molar-refractivity contribution is 7.99. The van der Waals surface area contributed by atoms with E-state index in [1.165, 1.54) is 11.8 Å². The van der Waals surface area contributed by atoms with Crippen molar-refractivity contribution in [1.82, 2.24) is 14.8 Å². The Kier molecular flexibility index (Phi) is 3.51. The van der Waals surface area contributed by atoms with E-state index in [1.807, 2.05) is 7.05 Å². The lowest BCUT2D eigenvalue weighted by atomic mass is 10.5. The van der Waals surface area contributed by atoms with Crippen LogP contribution in [-0.2, 0) is 11.8 Å². The summed E-state index contributed by atoms with van der Waals surface area (Å²) >= 11 is 1.43. The molecule has 1 N–H and O–H groups in total. The van der Waals surface area contributed by atoms with Gasteiger partial charge < -0.3 is 9.67 Å². The summed E-state index contributed by atoms with van der Waals surface area (Å²) in [5.74, 6) is -0.350. The first-order valence-corrected chi connectivity index (χ1v) is 4.55. The minimum atomic E-state index is -0.932. The van der Waals surface area contributed by atoms with Gasteiger partial charge >= 0.3 is 5.97 Å². The quantitative estimate of drug-likeness (QED) is 0.566. The fourth-order valence-corrected chi connectivity index (χ4v) is 1.37. The summed E-state index contributed by atoms with van der Waals surface area (Å²) in [5, 5.41) is 16.6. The fraction of sp³-hybridized carbons (Fsp3) is 0.286. The topological polar surface area (TPSA) is 68.0 Å². The summed E-state index contributed by atoms with van der Waals surface area (Å²) in [7, 11) is 1.84. The molecule has 5 nitrogen and oxygen atoms in total. The smallest absolute Gasteiger partial charge is 0.328 e. The molecular formula is C7H9N3O2S. The number of carbonyl (C=O) groups is 1. The van der Waals surface area contributed by atoms with E-state index in [1.54, 1.807) is 17.0 Å². The summed E-state index contributed by atoms with van der Waals surface area (Å²) in [6.07, 6.45) is 4.29. The highest BCUT2D eigenvalue weighted by Crippen LogP contribution is 2.12. The highest BCUT2D eigenvalue weighted by atomic mass is 32.2. The molecule has 0 aliphatic heterocycles. The molecule has 0 aliphatic carbocycles. The summed E-state index contributed by atoms with van der Waals surface area (Å²) in [6.45, 7) is 0. The number of nitrogens with zero attached hydrogens (tertiary/aromatic N) is 3. The molecule has 0 aromatic carbocycles. The first-order valence-electron chi connectivity index (χ1n) is 3.56. The number of carboxylic acid groups (broad SMARTS) is 1. The van der Waals surface area contributed by atoms with E-state index in [2.05, 4.69) is 10.2 Å². The number of thioether (sulfide) groups is 1. The second kappa shape index (κ2) is 4.66. The Labute approximate surface area is 79.5 Å². The molecule has 0 unspecified atom stereocenters. The molecule has 0 aliphatic rings. The van der Waals surface area contributed by atoms with Gasteiger partial charge in [-0.05, 0) is 0 Å². The molecule has 6 heteroatoms. The average Bonchev–Trinajstić information content (AvgIpc) is 2.45. The first kappa shape index (κ1) is 9.79. The molecule has 70 valence electrons. The van der Waals surface area contributed by atoms with Crippen molar-refractivity contribution >= 4 is 17.7 Å². The molecule has 0 saturated heterocycles. The Morgan fingerprint density at radius 1 is 1.85 bits per heavy atom. The molecule has 1 rings (SSSR count). The molecule has 0 atom stereocenters. The Hall–Kier alpha value is -1.30. The maximum absolute atomic E-state index is 10.1. The van der Waals surface area contributed by atoms with Crippen LogP contribution in [0.3, 0.4) is 0 Å². The molecular weight excluding hydrogens is 190 g/mol. The van der Waals surface area contributed by atoms with Crippen LogP contribution in [0, 0.1) is 0 Å². The van der Waals surface area contributed by atoms with Crippen molar-refractivity contribution in [2.45, 2.75) is 5.16 Å². The lowest BCUT2D eigenvalue weighted by Gasteiger charge is -1.94. The Morgan fingerprint density at radius 2 is 2.62 bits per heavy atom. The van der Waals surface area contributed by atoms with Crippen LogP contribution in [0.1, 0.15) is 0 Å². The molecule has 0 radical (unpaired) electrons. The number of carboxylic acids is 1. The molecule has 0 amide bonds. The van der Waals surface area contributed by atoms with Gasteiger partial charge in [0, 0.05) is 18.9 Å². The number of aryl methyl sites for hydroxylation is 1. The number of hydrogen-bond donors (Lipinski definition) is 1. The fourth-order valence-electron chi connectivity index (χ4n) is 0.675. The van der Waals surface area contributed by atoms with Crippen LogP contribution in [-0.4, -0.2) is 31.6 Å². The van der Waals surface area contributed by atoms with Crippen LogP contribution in [0.2, 0.25) is 0 Å². The van der Waals surface area contributed by atoms with Gasteiger partial charge in [-0.15, -0.1) is 10.2 Å². The van der Waals surface area contributed by atoms with E-state index in [4.69, 9.17) is 5.11 Å². The van der Waals surface area contributed by atoms with Crippen molar-refractivity contribution < 1.29 is 9.90 Å². The van der Waals surface area contributed by atoms with Crippen LogP contribution in [0.25, 0.3) is 0 Å². The SMILES string of the molecule is Cn1cnnc1SCC=CC(=O)O. The molecule has 1 heterocycles. The standard InChI is InChI=1S/C7H9N3O2S/c1-10-5-8-9-7(10)13-4-2-3-6(11)12/h2-3,5H,4H2,1H3,(H,11,12). The predicted octanol–water partition coefficient (Wildman–Crippen LogP) is 0.548. The van der Waals surface area contributed by atoms with E-state index >= 15 is 0 Å². The van der Waals surface area contributed by atoms with E-state index < -0.39 is 5.97 Å². The zero-order valence-electron chi connectivity index (χ0n) is 7.04. The molecule has 13 heavy (non-hydrogen) atoms. The number of aromatic nitrogens is 3. The van der Waals surface area contributed by atoms with Crippen molar-refractivity contribution in [3.8, 4) is 0 Å². The van der Waals surface area contributed by atoms with Gasteiger partial charge in [0.25, 0.3) is 0 Å². The second-order valence-electron chi connectivity index (χ2n) is 2.28. The lowest BCUT2D eigenvalue weighted by molar-refractivity contribution is -0.131. The number of hydrogen-bond acceptors (Lipinski definition) is 4. The van der Waals surface area contributed by atoms with Crippen LogP contribution in [0.15, 0.2) is 23.6 Å². The van der Waals surface area contributed by atoms with Crippen molar-refractivity contribution in [2.24, 2.45) is 7.05 Å². The summed E-state index contributed by atoms with van der Waals surface area (Å²) in [6, 6.07) is 0. The largest absolute Gasteiger partial charge is 0.478 e. The van der Waals surface area contributed by atoms with Crippen LogP contribution in [0.4, 0.5) is 0 Å². The van der Waals surface area contributed by atoms with Crippen molar-refractivity contribution in [2.75, 3.05) is 5.75 Å². The van der Waals surface area contributed by atoms with Gasteiger partial charge in [-0.2, -0.15) is 0 Å². The third kappa shape index (κ3) is 3.29.